The number of nitro groups is 1. The number of halogens is 2. The van der Waals surface area contributed by atoms with Crippen molar-refractivity contribution in [1.29, 1.82) is 0 Å². The number of benzene rings is 2. The Balaban J connectivity index is 1.90. The van der Waals surface area contributed by atoms with Gasteiger partial charge in [0.2, 0.25) is 0 Å². The summed E-state index contributed by atoms with van der Waals surface area (Å²) in [5.74, 6) is -1.37. The van der Waals surface area contributed by atoms with Gasteiger partial charge >= 0.3 is 0 Å². The van der Waals surface area contributed by atoms with Crippen LogP contribution in [0.4, 0.5) is 14.5 Å². The smallest absolute Gasteiger partial charge is 0.273 e. The number of hydrogen-bond acceptors (Lipinski definition) is 6. The minimum absolute atomic E-state index is 0.0636. The second kappa shape index (κ2) is 10.2. The van der Waals surface area contributed by atoms with Crippen LogP contribution in [0.15, 0.2) is 52.3 Å². The Morgan fingerprint density at radius 2 is 1.83 bits per heavy atom. The Morgan fingerprint density at radius 3 is 2.49 bits per heavy atom. The molecule has 8 nitrogen and oxygen atoms in total. The zero-order chi connectivity index (χ0) is 25.1. The number of rotatable bonds is 8. The third-order valence-corrected chi connectivity index (χ3v) is 6.14. The molecule has 0 N–H and O–H groups in total. The van der Waals surface area contributed by atoms with E-state index in [1.807, 2.05) is 0 Å². The summed E-state index contributed by atoms with van der Waals surface area (Å²) in [5, 5.41) is 11.5. The Bertz CT molecular complexity index is 1350. The lowest BCUT2D eigenvalue weighted by Crippen LogP contribution is -2.25. The molecule has 0 saturated carbocycles. The lowest BCUT2D eigenvalue weighted by atomic mass is 9.98. The molecule has 1 aromatic heterocycles. The summed E-state index contributed by atoms with van der Waals surface area (Å²) in [4.78, 5) is 34.1. The van der Waals surface area contributed by atoms with E-state index in [9.17, 15) is 23.7 Å². The fourth-order valence-corrected chi connectivity index (χ4v) is 4.38. The van der Waals surface area contributed by atoms with Crippen molar-refractivity contribution in [2.45, 2.75) is 33.2 Å². The van der Waals surface area contributed by atoms with Crippen molar-refractivity contribution < 1.29 is 13.7 Å². The maximum atomic E-state index is 14.8. The molecule has 10 heteroatoms. The first-order valence-corrected chi connectivity index (χ1v) is 11.5. The number of hydrogen-bond donors (Lipinski definition) is 0. The molecular formula is C25H25F2N5O3. The minimum Gasteiger partial charge on any atom is -0.304 e. The Hall–Kier alpha value is -3.79. The van der Waals surface area contributed by atoms with Crippen LogP contribution in [0.1, 0.15) is 42.9 Å². The fourth-order valence-electron chi connectivity index (χ4n) is 4.38. The summed E-state index contributed by atoms with van der Waals surface area (Å²) in [5.41, 5.74) is 0.154. The molecule has 1 aliphatic rings. The molecule has 0 saturated heterocycles. The molecule has 0 atom stereocenters. The third kappa shape index (κ3) is 4.88. The summed E-state index contributed by atoms with van der Waals surface area (Å²) in [6.45, 7) is 6.68. The van der Waals surface area contributed by atoms with E-state index in [1.54, 1.807) is 4.57 Å². The normalized spacial score (nSPS) is 12.7. The highest BCUT2D eigenvalue weighted by atomic mass is 19.1. The SMILES string of the molecule is CCN(CC)CCCc1cc(=O)nc2n1-c1ccc([N+](=O)[O-])cc1C(c1c(F)cccc1F)=NC2. The molecule has 0 fully saturated rings. The van der Waals surface area contributed by atoms with Crippen molar-refractivity contribution >= 4 is 11.4 Å². The van der Waals surface area contributed by atoms with E-state index in [0.29, 0.717) is 23.6 Å². The quantitative estimate of drug-likeness (QED) is 0.358. The van der Waals surface area contributed by atoms with Crippen LogP contribution < -0.4 is 5.56 Å². The zero-order valence-corrected chi connectivity index (χ0v) is 19.5. The molecule has 0 unspecified atom stereocenters. The second-order valence-corrected chi connectivity index (χ2v) is 8.19. The zero-order valence-electron chi connectivity index (χ0n) is 19.5. The van der Waals surface area contributed by atoms with Crippen LogP contribution in [-0.4, -0.2) is 44.7 Å². The van der Waals surface area contributed by atoms with Crippen LogP contribution in [0, 0.1) is 21.7 Å². The number of nitro benzene ring substituents is 1. The predicted octanol–water partition coefficient (Wildman–Crippen LogP) is 4.04. The largest absolute Gasteiger partial charge is 0.304 e. The van der Waals surface area contributed by atoms with Gasteiger partial charge in [-0.2, -0.15) is 4.98 Å². The van der Waals surface area contributed by atoms with Crippen molar-refractivity contribution in [3.63, 3.8) is 0 Å². The van der Waals surface area contributed by atoms with Crippen molar-refractivity contribution in [2.75, 3.05) is 19.6 Å². The molecular weight excluding hydrogens is 456 g/mol. The molecule has 3 aromatic rings. The average Bonchev–Trinajstić information content (AvgIpc) is 2.98. The van der Waals surface area contributed by atoms with E-state index in [0.717, 1.165) is 38.2 Å². The van der Waals surface area contributed by atoms with Crippen LogP contribution in [0.3, 0.4) is 0 Å². The van der Waals surface area contributed by atoms with Gasteiger partial charge in [0.1, 0.15) is 17.5 Å². The molecule has 0 spiro atoms. The van der Waals surface area contributed by atoms with Crippen LogP contribution >= 0.6 is 0 Å². The van der Waals surface area contributed by atoms with Gasteiger partial charge in [0, 0.05) is 29.5 Å². The summed E-state index contributed by atoms with van der Waals surface area (Å²) < 4.78 is 31.3. The molecule has 4 rings (SSSR count). The Kier molecular flexibility index (Phi) is 7.11. The number of nitrogens with zero attached hydrogens (tertiary/aromatic N) is 5. The van der Waals surface area contributed by atoms with E-state index < -0.39 is 22.1 Å². The summed E-state index contributed by atoms with van der Waals surface area (Å²) in [6, 6.07) is 8.98. The highest BCUT2D eigenvalue weighted by molar-refractivity contribution is 6.15. The van der Waals surface area contributed by atoms with Crippen molar-refractivity contribution in [1.82, 2.24) is 14.5 Å². The molecule has 35 heavy (non-hydrogen) atoms. The standard InChI is InChI=1S/C25H25F2N5O3/c1-3-30(4-2)12-6-7-16-14-23(33)29-22-15-28-25(24-19(26)8-5-9-20(24)27)18-13-17(32(34)35)10-11-21(18)31(16)22/h5,8-11,13-14H,3-4,6-7,12,15H2,1-2H3. The van der Waals surface area contributed by atoms with Gasteiger partial charge < -0.3 is 4.90 Å². The molecule has 2 aromatic carbocycles. The maximum Gasteiger partial charge on any atom is 0.273 e. The number of aryl methyl sites for hydroxylation is 1. The van der Waals surface area contributed by atoms with Crippen LogP contribution in [-0.2, 0) is 13.0 Å². The Labute approximate surface area is 200 Å². The average molecular weight is 482 g/mol. The second-order valence-electron chi connectivity index (χ2n) is 8.19. The molecule has 0 aliphatic carbocycles. The van der Waals surface area contributed by atoms with Crippen LogP contribution in [0.2, 0.25) is 0 Å². The van der Waals surface area contributed by atoms with Crippen LogP contribution in [0.25, 0.3) is 5.69 Å². The van der Waals surface area contributed by atoms with E-state index in [1.165, 1.54) is 30.3 Å². The van der Waals surface area contributed by atoms with Crippen molar-refractivity contribution in [2.24, 2.45) is 4.99 Å². The van der Waals surface area contributed by atoms with E-state index in [-0.39, 0.29) is 29.1 Å². The van der Waals surface area contributed by atoms with Gasteiger partial charge in [-0.25, -0.2) is 8.78 Å². The van der Waals surface area contributed by atoms with Crippen molar-refractivity contribution in [3.05, 3.63) is 97.2 Å². The predicted molar refractivity (Wildman–Crippen MR) is 128 cm³/mol. The Morgan fingerprint density at radius 1 is 1.11 bits per heavy atom. The van der Waals surface area contributed by atoms with E-state index in [2.05, 4.69) is 28.7 Å². The molecule has 2 heterocycles. The first-order chi connectivity index (χ1) is 16.8. The highest BCUT2D eigenvalue weighted by Gasteiger charge is 2.27. The van der Waals surface area contributed by atoms with Gasteiger partial charge in [0.25, 0.3) is 11.2 Å². The highest BCUT2D eigenvalue weighted by Crippen LogP contribution is 2.30. The maximum absolute atomic E-state index is 14.8. The van der Waals surface area contributed by atoms with Gasteiger partial charge in [-0.05, 0) is 50.7 Å². The first-order valence-electron chi connectivity index (χ1n) is 11.5. The molecule has 182 valence electrons. The van der Waals surface area contributed by atoms with Gasteiger partial charge in [0.05, 0.1) is 28.4 Å². The molecule has 0 bridgehead atoms. The van der Waals surface area contributed by atoms with Gasteiger partial charge in [-0.15, -0.1) is 0 Å². The topological polar surface area (TPSA) is 93.6 Å². The lowest BCUT2D eigenvalue weighted by molar-refractivity contribution is -0.384. The fraction of sp³-hybridized carbons (Fsp3) is 0.320. The van der Waals surface area contributed by atoms with Gasteiger partial charge in [0.15, 0.2) is 0 Å². The van der Waals surface area contributed by atoms with E-state index in [4.69, 9.17) is 0 Å². The molecule has 0 radical (unpaired) electrons. The monoisotopic (exact) mass is 481 g/mol. The van der Waals surface area contributed by atoms with E-state index >= 15 is 0 Å². The van der Waals surface area contributed by atoms with Gasteiger partial charge in [-0.1, -0.05) is 19.9 Å². The number of non-ortho nitro benzene ring substituents is 1. The third-order valence-electron chi connectivity index (χ3n) is 6.14. The van der Waals surface area contributed by atoms with Crippen LogP contribution in [0.5, 0.6) is 0 Å². The summed E-state index contributed by atoms with van der Waals surface area (Å²) in [6.07, 6.45) is 1.31. The number of aliphatic imine (C=N–C) groups is 1. The van der Waals surface area contributed by atoms with Crippen molar-refractivity contribution in [3.8, 4) is 5.69 Å². The van der Waals surface area contributed by atoms with Gasteiger partial charge in [-0.3, -0.25) is 24.5 Å². The number of fused-ring (bicyclic) bond motifs is 3. The summed E-state index contributed by atoms with van der Waals surface area (Å²) in [7, 11) is 0. The molecule has 1 aliphatic heterocycles. The summed E-state index contributed by atoms with van der Waals surface area (Å²) >= 11 is 0. The first kappa shape index (κ1) is 24.3. The number of aromatic nitrogens is 2. The lowest BCUT2D eigenvalue weighted by Gasteiger charge is -2.20. The minimum atomic E-state index is -0.839. The molecule has 0 amide bonds.